The van der Waals surface area contributed by atoms with Crippen LogP contribution in [0, 0.1) is 0 Å². The van der Waals surface area contributed by atoms with E-state index in [1.165, 1.54) is 4.31 Å². The summed E-state index contributed by atoms with van der Waals surface area (Å²) >= 11 is 0. The van der Waals surface area contributed by atoms with E-state index >= 15 is 0 Å². The number of methoxy groups -OCH3 is 1. The lowest BCUT2D eigenvalue weighted by molar-refractivity contribution is 0.414. The molecule has 0 atom stereocenters. The zero-order valence-electron chi connectivity index (χ0n) is 11.7. The number of rotatable bonds is 8. The summed E-state index contributed by atoms with van der Waals surface area (Å²) < 4.78 is 30.5. The molecule has 19 heavy (non-hydrogen) atoms. The van der Waals surface area contributed by atoms with E-state index < -0.39 is 10.0 Å². The lowest BCUT2D eigenvalue weighted by atomic mass is 10.2. The van der Waals surface area contributed by atoms with E-state index in [1.807, 2.05) is 31.3 Å². The highest BCUT2D eigenvalue weighted by atomic mass is 32.2. The third kappa shape index (κ3) is 5.18. The van der Waals surface area contributed by atoms with Gasteiger partial charge in [-0.1, -0.05) is 12.1 Å². The molecule has 1 aromatic rings. The molecule has 0 radical (unpaired) electrons. The van der Waals surface area contributed by atoms with Crippen molar-refractivity contribution in [3.63, 3.8) is 0 Å². The molecule has 0 aromatic heterocycles. The minimum Gasteiger partial charge on any atom is -0.497 e. The van der Waals surface area contributed by atoms with Crippen LogP contribution in [-0.2, 0) is 16.6 Å². The van der Waals surface area contributed by atoms with Gasteiger partial charge in [-0.15, -0.1) is 0 Å². The highest BCUT2D eigenvalue weighted by Crippen LogP contribution is 2.14. The highest BCUT2D eigenvalue weighted by molar-refractivity contribution is 7.89. The molecule has 0 saturated carbocycles. The second kappa shape index (κ2) is 7.47. The van der Waals surface area contributed by atoms with Crippen LogP contribution in [0.1, 0.15) is 12.0 Å². The van der Waals surface area contributed by atoms with E-state index in [2.05, 4.69) is 5.32 Å². The Labute approximate surface area is 115 Å². The zero-order valence-corrected chi connectivity index (χ0v) is 12.5. The maximum absolute atomic E-state index is 12.0. The molecule has 0 spiro atoms. The summed E-state index contributed by atoms with van der Waals surface area (Å²) in [6.07, 6.45) is 0.617. The first-order valence-corrected chi connectivity index (χ1v) is 7.82. The molecule has 5 nitrogen and oxygen atoms in total. The van der Waals surface area contributed by atoms with Crippen molar-refractivity contribution in [1.82, 2.24) is 9.62 Å². The third-order valence-corrected chi connectivity index (χ3v) is 4.75. The summed E-state index contributed by atoms with van der Waals surface area (Å²) in [5, 5.41) is 2.94. The van der Waals surface area contributed by atoms with Gasteiger partial charge in [0.05, 0.1) is 12.9 Å². The minimum atomic E-state index is -3.18. The van der Waals surface area contributed by atoms with Gasteiger partial charge in [0.2, 0.25) is 10.0 Å². The van der Waals surface area contributed by atoms with Crippen molar-refractivity contribution in [3.05, 3.63) is 29.8 Å². The number of nitrogens with one attached hydrogen (secondary N) is 1. The van der Waals surface area contributed by atoms with Gasteiger partial charge in [-0.2, -0.15) is 0 Å². The fourth-order valence-corrected chi connectivity index (χ4v) is 2.84. The fourth-order valence-electron chi connectivity index (χ4n) is 1.67. The number of hydrogen-bond acceptors (Lipinski definition) is 4. The van der Waals surface area contributed by atoms with Gasteiger partial charge in [0.15, 0.2) is 0 Å². The number of sulfonamides is 1. The Morgan fingerprint density at radius 1 is 1.26 bits per heavy atom. The topological polar surface area (TPSA) is 58.6 Å². The molecule has 0 bridgehead atoms. The van der Waals surface area contributed by atoms with Crippen molar-refractivity contribution in [3.8, 4) is 5.75 Å². The molecule has 0 heterocycles. The molecule has 1 N–H and O–H groups in total. The second-order valence-electron chi connectivity index (χ2n) is 4.38. The normalized spacial score (nSPS) is 11.8. The van der Waals surface area contributed by atoms with Gasteiger partial charge < -0.3 is 10.1 Å². The summed E-state index contributed by atoms with van der Waals surface area (Å²) in [6.45, 7) is 1.08. The highest BCUT2D eigenvalue weighted by Gasteiger charge is 2.17. The quantitative estimate of drug-likeness (QED) is 0.726. The lowest BCUT2D eigenvalue weighted by Gasteiger charge is -2.17. The van der Waals surface area contributed by atoms with Crippen molar-refractivity contribution in [2.45, 2.75) is 13.0 Å². The minimum absolute atomic E-state index is 0.167. The first-order chi connectivity index (χ1) is 8.99. The van der Waals surface area contributed by atoms with Gasteiger partial charge in [0.25, 0.3) is 0 Å². The van der Waals surface area contributed by atoms with E-state index in [-0.39, 0.29) is 5.75 Å². The van der Waals surface area contributed by atoms with Crippen LogP contribution < -0.4 is 10.1 Å². The maximum Gasteiger partial charge on any atom is 0.214 e. The van der Waals surface area contributed by atoms with Gasteiger partial charge in [-0.25, -0.2) is 12.7 Å². The summed E-state index contributed by atoms with van der Waals surface area (Å²) in [7, 11) is 1.84. The number of hydrogen-bond donors (Lipinski definition) is 1. The predicted octanol–water partition coefficient (Wildman–Crippen LogP) is 1.07. The van der Waals surface area contributed by atoms with Crippen molar-refractivity contribution in [1.29, 1.82) is 0 Å². The molecule has 0 aliphatic carbocycles. The Morgan fingerprint density at radius 3 is 2.42 bits per heavy atom. The Kier molecular flexibility index (Phi) is 6.27. The van der Waals surface area contributed by atoms with Crippen molar-refractivity contribution in [2.24, 2.45) is 0 Å². The molecule has 0 amide bonds. The number of ether oxygens (including phenoxy) is 1. The molecular formula is C13H22N2O3S. The Hall–Kier alpha value is -1.11. The van der Waals surface area contributed by atoms with Crippen LogP contribution >= 0.6 is 0 Å². The second-order valence-corrected chi connectivity index (χ2v) is 6.57. The Morgan fingerprint density at radius 2 is 1.89 bits per heavy atom. The van der Waals surface area contributed by atoms with Crippen molar-refractivity contribution in [2.75, 3.05) is 33.5 Å². The molecule has 0 aliphatic heterocycles. The SMILES string of the molecule is CNCCCS(=O)(=O)N(C)Cc1ccc(OC)cc1. The summed E-state index contributed by atoms with van der Waals surface area (Å²) in [5.41, 5.74) is 0.945. The van der Waals surface area contributed by atoms with Crippen LogP contribution in [0.15, 0.2) is 24.3 Å². The van der Waals surface area contributed by atoms with Gasteiger partial charge in [-0.05, 0) is 37.7 Å². The monoisotopic (exact) mass is 286 g/mol. The van der Waals surface area contributed by atoms with Gasteiger partial charge >= 0.3 is 0 Å². The van der Waals surface area contributed by atoms with Crippen molar-refractivity contribution >= 4 is 10.0 Å². The summed E-state index contributed by atoms with van der Waals surface area (Å²) in [4.78, 5) is 0. The van der Waals surface area contributed by atoms with Crippen LogP contribution in [0.4, 0.5) is 0 Å². The van der Waals surface area contributed by atoms with Gasteiger partial charge in [0, 0.05) is 13.6 Å². The average molecular weight is 286 g/mol. The molecular weight excluding hydrogens is 264 g/mol. The van der Waals surface area contributed by atoms with Crippen LogP contribution in [0.2, 0.25) is 0 Å². The van der Waals surface area contributed by atoms with Crippen LogP contribution in [0.3, 0.4) is 0 Å². The van der Waals surface area contributed by atoms with Crippen LogP contribution in [0.25, 0.3) is 0 Å². The van der Waals surface area contributed by atoms with Gasteiger partial charge in [0.1, 0.15) is 5.75 Å². The number of benzene rings is 1. The smallest absolute Gasteiger partial charge is 0.214 e. The third-order valence-electron chi connectivity index (χ3n) is 2.87. The molecule has 0 saturated heterocycles. The fraction of sp³-hybridized carbons (Fsp3) is 0.538. The number of nitrogens with zero attached hydrogens (tertiary/aromatic N) is 1. The van der Waals surface area contributed by atoms with Gasteiger partial charge in [-0.3, -0.25) is 0 Å². The van der Waals surface area contributed by atoms with E-state index in [4.69, 9.17) is 4.74 Å². The molecule has 6 heteroatoms. The molecule has 0 unspecified atom stereocenters. The standard InChI is InChI=1S/C13H22N2O3S/c1-14-9-4-10-19(16,17)15(2)11-12-5-7-13(18-3)8-6-12/h5-8,14H,4,9-11H2,1-3H3. The molecule has 1 aromatic carbocycles. The molecule has 108 valence electrons. The largest absolute Gasteiger partial charge is 0.497 e. The molecule has 1 rings (SSSR count). The van der Waals surface area contributed by atoms with E-state index in [0.29, 0.717) is 19.5 Å². The van der Waals surface area contributed by atoms with Crippen molar-refractivity contribution < 1.29 is 13.2 Å². The zero-order chi connectivity index (χ0) is 14.3. The Balaban J connectivity index is 2.59. The summed E-state index contributed by atoms with van der Waals surface area (Å²) in [6, 6.07) is 7.41. The average Bonchev–Trinajstić information content (AvgIpc) is 2.39. The first kappa shape index (κ1) is 15.9. The molecule has 0 aliphatic rings. The molecule has 0 fully saturated rings. The van der Waals surface area contributed by atoms with E-state index in [0.717, 1.165) is 11.3 Å². The predicted molar refractivity (Wildman–Crippen MR) is 76.8 cm³/mol. The van der Waals surface area contributed by atoms with Crippen LogP contribution in [0.5, 0.6) is 5.75 Å². The van der Waals surface area contributed by atoms with E-state index in [1.54, 1.807) is 14.2 Å². The van der Waals surface area contributed by atoms with E-state index in [9.17, 15) is 8.42 Å². The first-order valence-electron chi connectivity index (χ1n) is 6.21. The lowest BCUT2D eigenvalue weighted by Crippen LogP contribution is -2.29. The summed E-state index contributed by atoms with van der Waals surface area (Å²) in [5.74, 6) is 0.934. The maximum atomic E-state index is 12.0. The Bertz CT molecular complexity index is 471. The van der Waals surface area contributed by atoms with Crippen LogP contribution in [-0.4, -0.2) is 46.2 Å².